The van der Waals surface area contributed by atoms with Gasteiger partial charge in [0.1, 0.15) is 11.4 Å². The molecule has 0 aliphatic carbocycles. The number of amides is 1. The molecule has 2 N–H and O–H groups in total. The highest BCUT2D eigenvalue weighted by Crippen LogP contribution is 2.39. The number of halogens is 1. The van der Waals surface area contributed by atoms with Gasteiger partial charge in [-0.25, -0.2) is 4.57 Å². The summed E-state index contributed by atoms with van der Waals surface area (Å²) in [6, 6.07) is 5.00. The van der Waals surface area contributed by atoms with Crippen LogP contribution in [-0.2, 0) is 16.1 Å². The molecule has 2 aliphatic rings. The number of carbonyl (C=O) groups excluding carboxylic acids is 2. The van der Waals surface area contributed by atoms with E-state index in [0.717, 1.165) is 0 Å². The molecule has 0 bridgehead atoms. The van der Waals surface area contributed by atoms with E-state index in [2.05, 4.69) is 0 Å². The van der Waals surface area contributed by atoms with Crippen molar-refractivity contribution in [2.45, 2.75) is 18.0 Å². The minimum Gasteiger partial charge on any atom is -0.543 e. The van der Waals surface area contributed by atoms with Crippen LogP contribution in [0.1, 0.15) is 0 Å². The number of aromatic nitrogens is 1. The maximum Gasteiger partial charge on any atom is 0.248 e. The molecule has 0 radical (unpaired) electrons. The number of β-lactam (4-membered cyclic amide) rings is 1. The maximum absolute atomic E-state index is 11.8. The number of aliphatic carboxylic acids is 1. The van der Waals surface area contributed by atoms with E-state index in [-0.39, 0.29) is 29.4 Å². The van der Waals surface area contributed by atoms with E-state index in [0.29, 0.717) is 17.9 Å². The molecule has 1 amide bonds. The van der Waals surface area contributed by atoms with Gasteiger partial charge in [0.05, 0.1) is 11.7 Å². The van der Waals surface area contributed by atoms with E-state index >= 15 is 0 Å². The smallest absolute Gasteiger partial charge is 0.248 e. The minimum absolute atomic E-state index is 0. The van der Waals surface area contributed by atoms with Crippen LogP contribution in [0.25, 0.3) is 0 Å². The van der Waals surface area contributed by atoms with Crippen LogP contribution in [0.2, 0.25) is 0 Å². The molecule has 3 heterocycles. The van der Waals surface area contributed by atoms with Gasteiger partial charge in [0, 0.05) is 23.5 Å². The highest BCUT2D eigenvalue weighted by molar-refractivity contribution is 8.00. The van der Waals surface area contributed by atoms with E-state index in [9.17, 15) is 14.7 Å². The molecule has 0 aromatic carbocycles. The second-order valence-electron chi connectivity index (χ2n) is 4.72. The Bertz CT molecular complexity index is 608. The van der Waals surface area contributed by atoms with Gasteiger partial charge in [-0.05, 0) is 0 Å². The summed E-state index contributed by atoms with van der Waals surface area (Å²) >= 11 is 1.49. The molecule has 6 nitrogen and oxygen atoms in total. The second kappa shape index (κ2) is 6.05. The first-order valence-corrected chi connectivity index (χ1v) is 7.22. The summed E-state index contributed by atoms with van der Waals surface area (Å²) in [5.74, 6) is -1.13. The molecule has 1 fully saturated rings. The van der Waals surface area contributed by atoms with Gasteiger partial charge < -0.3 is 15.6 Å². The lowest BCUT2D eigenvalue weighted by molar-refractivity contribution is -0.689. The molecule has 112 valence electrons. The van der Waals surface area contributed by atoms with E-state index in [4.69, 9.17) is 5.73 Å². The molecular weight excluding hydrogens is 314 g/mol. The number of fused-ring (bicyclic) bond motifs is 1. The van der Waals surface area contributed by atoms with E-state index in [1.54, 1.807) is 0 Å². The van der Waals surface area contributed by atoms with Crippen molar-refractivity contribution in [3.8, 4) is 0 Å². The predicted molar refractivity (Wildman–Crippen MR) is 77.0 cm³/mol. The Kier molecular flexibility index (Phi) is 4.55. The van der Waals surface area contributed by atoms with Crippen molar-refractivity contribution in [3.63, 3.8) is 0 Å². The van der Waals surface area contributed by atoms with Crippen molar-refractivity contribution in [1.29, 1.82) is 0 Å². The first kappa shape index (κ1) is 15.8. The molecule has 0 spiro atoms. The van der Waals surface area contributed by atoms with Gasteiger partial charge >= 0.3 is 0 Å². The Labute approximate surface area is 132 Å². The zero-order valence-corrected chi connectivity index (χ0v) is 12.6. The van der Waals surface area contributed by atoms with Crippen molar-refractivity contribution >= 4 is 36.0 Å². The minimum atomic E-state index is -1.32. The average Bonchev–Trinajstić information content (AvgIpc) is 2.46. The lowest BCUT2D eigenvalue weighted by atomic mass is 10.0. The molecular formula is C13H14ClN3O3S. The molecule has 0 unspecified atom stereocenters. The van der Waals surface area contributed by atoms with Crippen molar-refractivity contribution in [1.82, 2.24) is 4.90 Å². The summed E-state index contributed by atoms with van der Waals surface area (Å²) in [5, 5.41) is 11.1. The van der Waals surface area contributed by atoms with Crippen LogP contribution in [0, 0.1) is 0 Å². The molecule has 3 rings (SSSR count). The average molecular weight is 328 g/mol. The topological polar surface area (TPSA) is 90.3 Å². The molecule has 0 saturated carbocycles. The zero-order chi connectivity index (χ0) is 14.3. The maximum atomic E-state index is 11.8. The summed E-state index contributed by atoms with van der Waals surface area (Å²) < 4.78 is 1.86. The van der Waals surface area contributed by atoms with Crippen molar-refractivity contribution in [3.05, 3.63) is 41.9 Å². The third-order valence-corrected chi connectivity index (χ3v) is 4.79. The van der Waals surface area contributed by atoms with Crippen molar-refractivity contribution < 1.29 is 19.3 Å². The van der Waals surface area contributed by atoms with Gasteiger partial charge in [0.15, 0.2) is 18.9 Å². The van der Waals surface area contributed by atoms with Crippen LogP contribution in [0.5, 0.6) is 0 Å². The third-order valence-electron chi connectivity index (χ3n) is 3.43. The normalized spacial score (nSPS) is 24.0. The number of nitrogens with two attached hydrogens (primary N) is 1. The van der Waals surface area contributed by atoms with Gasteiger partial charge in [-0.2, -0.15) is 0 Å². The van der Waals surface area contributed by atoms with Crippen LogP contribution < -0.4 is 15.4 Å². The third kappa shape index (κ3) is 2.64. The number of carbonyl (C=O) groups is 2. The Hall–Kier alpha value is -1.57. The summed E-state index contributed by atoms with van der Waals surface area (Å²) in [6.45, 7) is 0.420. The quantitative estimate of drug-likeness (QED) is 0.547. The fourth-order valence-corrected chi connectivity index (χ4v) is 3.73. The van der Waals surface area contributed by atoms with Crippen molar-refractivity contribution in [2.75, 3.05) is 5.75 Å². The highest BCUT2D eigenvalue weighted by Gasteiger charge is 2.50. The molecule has 1 aromatic rings. The van der Waals surface area contributed by atoms with Gasteiger partial charge in [0.2, 0.25) is 5.91 Å². The monoisotopic (exact) mass is 327 g/mol. The van der Waals surface area contributed by atoms with Gasteiger partial charge in [-0.15, -0.1) is 24.2 Å². The first-order valence-electron chi connectivity index (χ1n) is 6.17. The van der Waals surface area contributed by atoms with Crippen LogP contribution in [0.15, 0.2) is 41.9 Å². The molecule has 2 atom stereocenters. The standard InChI is InChI=1S/C13H13N3O3S.ClH/c14-9-11(17)16-10(13(18)19)8(7-20-12(9)16)6-15-4-2-1-3-5-15;/h1-5,9,12H,6-7,14H2;1H/t9-,12+;/m1./s1. The predicted octanol–water partition coefficient (Wildman–Crippen LogP) is -1.36. The summed E-state index contributed by atoms with van der Waals surface area (Å²) in [5.41, 5.74) is 6.34. The summed E-state index contributed by atoms with van der Waals surface area (Å²) in [4.78, 5) is 24.4. The Morgan fingerprint density at radius 1 is 1.43 bits per heavy atom. The summed E-state index contributed by atoms with van der Waals surface area (Å²) in [7, 11) is 0. The van der Waals surface area contributed by atoms with Gasteiger partial charge in [-0.3, -0.25) is 9.69 Å². The fraction of sp³-hybridized carbons (Fsp3) is 0.308. The number of hydrogen-bond acceptors (Lipinski definition) is 5. The molecule has 1 saturated heterocycles. The molecule has 2 aliphatic heterocycles. The first-order chi connectivity index (χ1) is 9.59. The number of pyridine rings is 1. The van der Waals surface area contributed by atoms with Crippen LogP contribution in [-0.4, -0.2) is 33.9 Å². The lowest BCUT2D eigenvalue weighted by Crippen LogP contribution is -2.69. The lowest BCUT2D eigenvalue weighted by Gasteiger charge is -2.49. The largest absolute Gasteiger partial charge is 0.543 e. The van der Waals surface area contributed by atoms with Gasteiger partial charge in [-0.1, -0.05) is 6.07 Å². The second-order valence-corrected chi connectivity index (χ2v) is 5.83. The number of hydrogen-bond donors (Lipinski definition) is 1. The molecule has 21 heavy (non-hydrogen) atoms. The van der Waals surface area contributed by atoms with Gasteiger partial charge in [0.25, 0.3) is 0 Å². The van der Waals surface area contributed by atoms with Crippen LogP contribution >= 0.6 is 24.2 Å². The number of rotatable bonds is 3. The Morgan fingerprint density at radius 3 is 2.71 bits per heavy atom. The van der Waals surface area contributed by atoms with E-state index in [1.165, 1.54) is 16.7 Å². The SMILES string of the molecule is Cl.N[C@@H]1C(=O)N2C(C(=O)[O-])=C(C[n+]3ccccc3)CS[C@@H]12. The van der Waals surface area contributed by atoms with Crippen LogP contribution in [0.4, 0.5) is 0 Å². The number of nitrogens with zero attached hydrogens (tertiary/aromatic N) is 2. The number of carboxylic acid groups (broad SMARTS) is 1. The van der Waals surface area contributed by atoms with Crippen molar-refractivity contribution in [2.24, 2.45) is 5.73 Å². The molecule has 8 heteroatoms. The Morgan fingerprint density at radius 2 is 2.10 bits per heavy atom. The zero-order valence-electron chi connectivity index (χ0n) is 11.0. The highest BCUT2D eigenvalue weighted by atomic mass is 35.5. The van der Waals surface area contributed by atoms with E-state index < -0.39 is 12.0 Å². The Balaban J connectivity index is 0.00000161. The molecule has 1 aromatic heterocycles. The summed E-state index contributed by atoms with van der Waals surface area (Å²) in [6.07, 6.45) is 3.70. The fourth-order valence-electron chi connectivity index (χ4n) is 2.45. The van der Waals surface area contributed by atoms with Crippen LogP contribution in [0.3, 0.4) is 0 Å². The number of thioether (sulfide) groups is 1. The van der Waals surface area contributed by atoms with E-state index in [1.807, 2.05) is 35.2 Å². The number of carboxylic acids is 1.